The zero-order valence-corrected chi connectivity index (χ0v) is 14.5. The fourth-order valence-electron chi connectivity index (χ4n) is 2.98. The number of allylic oxidation sites excluding steroid dienone is 1. The molecule has 0 unspecified atom stereocenters. The van der Waals surface area contributed by atoms with Crippen molar-refractivity contribution < 1.29 is 12.6 Å². The first kappa shape index (κ1) is 20.4. The average molecular weight is 395 g/mol. The standard InChI is InChI=1S/C10H9ClO.C10H7ClO.2CH4.H2/c2*11-9-5-1-4-8-7(9)3-2-6-10(8)12;;;/h1,4-5H,2-3,6H2;1-5H,6H2;2*1H4;1H/i;;;;1+1D. The van der Waals surface area contributed by atoms with E-state index in [0.29, 0.717) is 17.9 Å². The molecule has 0 saturated heterocycles. The van der Waals surface area contributed by atoms with Gasteiger partial charge in [0.2, 0.25) is 0 Å². The normalized spacial score (nSPS) is 14.4. The Hall–Kier alpha value is -1.90. The third-order valence-corrected chi connectivity index (χ3v) is 4.87. The molecule has 2 aromatic rings. The van der Waals surface area contributed by atoms with E-state index in [1.807, 2.05) is 36.4 Å². The van der Waals surface area contributed by atoms with Gasteiger partial charge in [0.15, 0.2) is 11.6 Å². The predicted octanol–water partition coefficient (Wildman–Crippen LogP) is 7.32. The number of fused-ring (bicyclic) bond motifs is 2. The SMILES string of the molecule is C.C.O=C1CC=Cc2c(Cl)cccc21.O=C1CCCc2c(Cl)cccc21.[2H][2H]. The van der Waals surface area contributed by atoms with Crippen LogP contribution in [0, 0.1) is 0 Å². The van der Waals surface area contributed by atoms with Crippen molar-refractivity contribution >= 4 is 40.8 Å². The van der Waals surface area contributed by atoms with Gasteiger partial charge in [-0.3, -0.25) is 9.59 Å². The maximum absolute atomic E-state index is 11.4. The molecule has 0 atom stereocenters. The van der Waals surface area contributed by atoms with Crippen molar-refractivity contribution in [1.82, 2.24) is 0 Å². The molecule has 0 bridgehead atoms. The Kier molecular flexibility index (Phi) is 7.62. The second-order valence-electron chi connectivity index (χ2n) is 5.77. The van der Waals surface area contributed by atoms with Crippen molar-refractivity contribution in [2.24, 2.45) is 0 Å². The molecule has 0 aliphatic heterocycles. The summed E-state index contributed by atoms with van der Waals surface area (Å²) in [6.45, 7) is 0. The first-order valence-electron chi connectivity index (χ1n) is 8.87. The molecule has 0 amide bonds. The van der Waals surface area contributed by atoms with Crippen LogP contribution in [0.1, 0.15) is 68.9 Å². The fraction of sp³-hybridized carbons (Fsp3) is 0.273. The number of ketones is 2. The van der Waals surface area contributed by atoms with Crippen LogP contribution in [0.2, 0.25) is 10.0 Å². The topological polar surface area (TPSA) is 34.1 Å². The molecule has 0 spiro atoms. The molecule has 4 rings (SSSR count). The van der Waals surface area contributed by atoms with Crippen LogP contribution in [0.25, 0.3) is 6.08 Å². The highest BCUT2D eigenvalue weighted by atomic mass is 35.5. The lowest BCUT2D eigenvalue weighted by atomic mass is 9.91. The Labute approximate surface area is 168 Å². The van der Waals surface area contributed by atoms with Crippen LogP contribution >= 0.6 is 23.2 Å². The van der Waals surface area contributed by atoms with Gasteiger partial charge in [-0.25, -0.2) is 0 Å². The summed E-state index contributed by atoms with van der Waals surface area (Å²) >= 11 is 11.9. The monoisotopic (exact) mass is 394 g/mol. The molecule has 2 nitrogen and oxygen atoms in total. The fourth-order valence-corrected chi connectivity index (χ4v) is 3.48. The van der Waals surface area contributed by atoms with Gasteiger partial charge in [0.05, 0.1) is 0 Å². The maximum atomic E-state index is 11.4. The summed E-state index contributed by atoms with van der Waals surface area (Å²) in [6.07, 6.45) is 6.80. The average Bonchev–Trinajstić information content (AvgIpc) is 2.66. The molecular formula is C22H26Cl2O2. The molecule has 0 N–H and O–H groups in total. The van der Waals surface area contributed by atoms with Crippen molar-refractivity contribution in [3.63, 3.8) is 0 Å². The quantitative estimate of drug-likeness (QED) is 0.468. The molecule has 0 radical (unpaired) electrons. The van der Waals surface area contributed by atoms with Crippen LogP contribution < -0.4 is 0 Å². The predicted molar refractivity (Wildman–Crippen MR) is 114 cm³/mol. The van der Waals surface area contributed by atoms with Crippen molar-refractivity contribution in [3.8, 4) is 0 Å². The molecular weight excluding hydrogens is 367 g/mol. The highest BCUT2D eigenvalue weighted by Gasteiger charge is 2.18. The van der Waals surface area contributed by atoms with Gasteiger partial charge < -0.3 is 0 Å². The van der Waals surface area contributed by atoms with Crippen molar-refractivity contribution in [3.05, 3.63) is 74.8 Å². The van der Waals surface area contributed by atoms with Gasteiger partial charge in [0.25, 0.3) is 0 Å². The number of rotatable bonds is 0. The zero-order chi connectivity index (χ0) is 19.1. The smallest absolute Gasteiger partial charge is 0.167 e. The van der Waals surface area contributed by atoms with E-state index in [1.54, 1.807) is 12.1 Å². The van der Waals surface area contributed by atoms with Crippen molar-refractivity contribution in [2.45, 2.75) is 40.5 Å². The third kappa shape index (κ3) is 4.63. The number of Topliss-reactive ketones (excluding diaryl/α,β-unsaturated/α-hetero) is 2. The van der Waals surface area contributed by atoms with Gasteiger partial charge in [0, 0.05) is 42.5 Å². The summed E-state index contributed by atoms with van der Waals surface area (Å²) in [7, 11) is 0. The number of carbonyl (C=O) groups excluding carboxylic acids is 2. The molecule has 0 fully saturated rings. The van der Waals surface area contributed by atoms with Crippen LogP contribution in [0.15, 0.2) is 42.5 Å². The Morgan fingerprint density at radius 2 is 1.50 bits per heavy atom. The molecule has 0 saturated carbocycles. The maximum Gasteiger partial charge on any atom is 0.167 e. The van der Waals surface area contributed by atoms with Crippen LogP contribution in [-0.2, 0) is 6.42 Å². The number of halogens is 2. The summed E-state index contributed by atoms with van der Waals surface area (Å²) in [4.78, 5) is 22.7. The number of hydrogen-bond acceptors (Lipinski definition) is 2. The minimum absolute atomic E-state index is 0. The van der Waals surface area contributed by atoms with Crippen LogP contribution in [0.5, 0.6) is 0 Å². The van der Waals surface area contributed by atoms with Gasteiger partial charge in [0.1, 0.15) is 0 Å². The summed E-state index contributed by atoms with van der Waals surface area (Å²) in [5, 5.41) is 1.39. The second kappa shape index (κ2) is 9.70. The van der Waals surface area contributed by atoms with Gasteiger partial charge >= 0.3 is 0 Å². The Morgan fingerprint density at radius 1 is 0.846 bits per heavy atom. The number of benzene rings is 2. The molecule has 26 heavy (non-hydrogen) atoms. The van der Waals surface area contributed by atoms with Crippen LogP contribution in [0.4, 0.5) is 0 Å². The summed E-state index contributed by atoms with van der Waals surface area (Å²) in [5.41, 5.74) is 3.46. The lowest BCUT2D eigenvalue weighted by molar-refractivity contribution is 0.0970. The molecule has 4 heteroatoms. The highest BCUT2D eigenvalue weighted by molar-refractivity contribution is 6.33. The summed E-state index contributed by atoms with van der Waals surface area (Å²) < 4.78 is 10.0. The van der Waals surface area contributed by atoms with E-state index in [4.69, 9.17) is 26.2 Å². The van der Waals surface area contributed by atoms with E-state index in [2.05, 4.69) is 0 Å². The lowest BCUT2D eigenvalue weighted by Gasteiger charge is -2.14. The summed E-state index contributed by atoms with van der Waals surface area (Å²) in [6, 6.07) is 11.0. The molecule has 140 valence electrons. The molecule has 0 heterocycles. The van der Waals surface area contributed by atoms with E-state index in [1.165, 1.54) is 0 Å². The van der Waals surface area contributed by atoms with Gasteiger partial charge in [-0.05, 0) is 30.5 Å². The second-order valence-corrected chi connectivity index (χ2v) is 6.59. The van der Waals surface area contributed by atoms with E-state index in [9.17, 15) is 9.59 Å². The Balaban J connectivity index is 0.000000449. The van der Waals surface area contributed by atoms with E-state index in [-0.39, 0.29) is 26.4 Å². The minimum atomic E-state index is 0. The van der Waals surface area contributed by atoms with Crippen molar-refractivity contribution in [1.29, 1.82) is 0 Å². The Bertz CT molecular complexity index is 848. The van der Waals surface area contributed by atoms with Crippen LogP contribution in [0.3, 0.4) is 0 Å². The highest BCUT2D eigenvalue weighted by Crippen LogP contribution is 2.27. The van der Waals surface area contributed by atoms with Gasteiger partial charge in [-0.15, -0.1) is 0 Å². The molecule has 0 aromatic heterocycles. The Morgan fingerprint density at radius 3 is 2.15 bits per heavy atom. The van der Waals surface area contributed by atoms with Gasteiger partial charge in [-0.1, -0.05) is 74.5 Å². The van der Waals surface area contributed by atoms with Crippen molar-refractivity contribution in [2.75, 3.05) is 0 Å². The summed E-state index contributed by atoms with van der Waals surface area (Å²) in [5.74, 6) is 0.383. The first-order chi connectivity index (χ1) is 12.6. The zero-order valence-electron chi connectivity index (χ0n) is 15.0. The van der Waals surface area contributed by atoms with E-state index < -0.39 is 0 Å². The first-order valence-corrected chi connectivity index (χ1v) is 8.62. The minimum Gasteiger partial charge on any atom is -0.294 e. The molecule has 2 aromatic carbocycles. The van der Waals surface area contributed by atoms with Gasteiger partial charge in [-0.2, -0.15) is 0 Å². The van der Waals surface area contributed by atoms with E-state index in [0.717, 1.165) is 40.1 Å². The molecule has 2 aliphatic carbocycles. The third-order valence-electron chi connectivity index (χ3n) is 4.19. The van der Waals surface area contributed by atoms with E-state index >= 15 is 0 Å². The van der Waals surface area contributed by atoms with Crippen LogP contribution in [-0.4, -0.2) is 11.6 Å². The lowest BCUT2D eigenvalue weighted by Crippen LogP contribution is -2.10. The number of hydrogen-bond donors (Lipinski definition) is 0. The number of carbonyl (C=O) groups is 2. The molecule has 2 aliphatic rings. The largest absolute Gasteiger partial charge is 0.294 e.